The maximum Gasteiger partial charge on any atom is 0.0919 e. The van der Waals surface area contributed by atoms with Crippen LogP contribution in [-0.2, 0) is 0 Å². The van der Waals surface area contributed by atoms with Gasteiger partial charge in [-0.1, -0.05) is 58.8 Å². The molecule has 0 aromatic heterocycles. The third kappa shape index (κ3) is 6.86. The van der Waals surface area contributed by atoms with E-state index in [-0.39, 0.29) is 9.68 Å². The zero-order valence-electron chi connectivity index (χ0n) is 8.81. The van der Waals surface area contributed by atoms with Crippen molar-refractivity contribution in [3.63, 3.8) is 0 Å². The van der Waals surface area contributed by atoms with Gasteiger partial charge in [-0.15, -0.1) is 0 Å². The molecule has 0 saturated heterocycles. The van der Waals surface area contributed by atoms with Crippen molar-refractivity contribution in [1.82, 2.24) is 0 Å². The summed E-state index contributed by atoms with van der Waals surface area (Å²) in [6, 6.07) is 0. The van der Waals surface area contributed by atoms with Gasteiger partial charge < -0.3 is 5.40 Å². The van der Waals surface area contributed by atoms with Gasteiger partial charge in [0.05, 0.1) is 9.68 Å². The molecule has 2 heteroatoms. The van der Waals surface area contributed by atoms with E-state index >= 15 is 0 Å². The second-order valence-electron chi connectivity index (χ2n) is 3.71. The molecule has 0 fully saturated rings. The molecule has 1 nitrogen and oxygen atoms in total. The van der Waals surface area contributed by atoms with E-state index in [2.05, 4.69) is 13.8 Å². The van der Waals surface area contributed by atoms with Crippen LogP contribution in [0.15, 0.2) is 0 Å². The van der Waals surface area contributed by atoms with Crippen molar-refractivity contribution in [2.45, 2.75) is 64.3 Å². The Morgan fingerprint density at radius 1 is 1.08 bits per heavy atom. The van der Waals surface area contributed by atoms with Crippen LogP contribution in [0.25, 0.3) is 0 Å². The fourth-order valence-corrected chi connectivity index (χ4v) is 2.38. The van der Waals surface area contributed by atoms with E-state index in [1.165, 1.54) is 44.9 Å². The van der Waals surface area contributed by atoms with Gasteiger partial charge in [0.25, 0.3) is 0 Å². The van der Waals surface area contributed by atoms with Gasteiger partial charge in [0, 0.05) is 0 Å². The molecule has 0 aliphatic heterocycles. The summed E-state index contributed by atoms with van der Waals surface area (Å²) in [5, 5.41) is 5.76. The van der Waals surface area contributed by atoms with Gasteiger partial charge in [0.2, 0.25) is 0 Å². The average molecular weight is 187 g/mol. The number of rotatable bonds is 8. The van der Waals surface area contributed by atoms with Crippen LogP contribution in [0.5, 0.6) is 0 Å². The van der Waals surface area contributed by atoms with Crippen LogP contribution >= 0.6 is 0 Å². The largest absolute Gasteiger partial charge is 0.355 e. The van der Waals surface area contributed by atoms with Crippen LogP contribution < -0.4 is 5.40 Å². The highest BCUT2D eigenvalue weighted by atomic mass is 28.2. The van der Waals surface area contributed by atoms with Gasteiger partial charge in [0.1, 0.15) is 0 Å². The van der Waals surface area contributed by atoms with Crippen molar-refractivity contribution in [2.24, 2.45) is 5.40 Å². The molecule has 0 saturated carbocycles. The molecule has 0 heterocycles. The summed E-state index contributed by atoms with van der Waals surface area (Å²) in [6.07, 6.45) is 9.76. The average Bonchev–Trinajstić information content (AvgIpc) is 2.11. The van der Waals surface area contributed by atoms with Crippen LogP contribution in [0.2, 0.25) is 5.54 Å². The molecule has 0 aliphatic rings. The lowest BCUT2D eigenvalue weighted by Gasteiger charge is -2.10. The van der Waals surface area contributed by atoms with Gasteiger partial charge >= 0.3 is 0 Å². The first-order chi connectivity index (χ1) is 5.85. The summed E-state index contributed by atoms with van der Waals surface area (Å²) >= 11 is 0. The van der Waals surface area contributed by atoms with Crippen molar-refractivity contribution in [2.75, 3.05) is 0 Å². The van der Waals surface area contributed by atoms with E-state index in [4.69, 9.17) is 5.40 Å². The van der Waals surface area contributed by atoms with Crippen molar-refractivity contribution in [3.8, 4) is 0 Å². The number of hydrogen-bond acceptors (Lipinski definition) is 1. The van der Waals surface area contributed by atoms with Crippen molar-refractivity contribution < 1.29 is 0 Å². The minimum Gasteiger partial charge on any atom is -0.355 e. The Hall–Kier alpha value is 0.177. The standard InChI is InChI=1S/C10H25NSi/c1-3-5-6-7-8-9-10(4-2)12-11/h10H,3-9,11-12H2,1-2H3. The van der Waals surface area contributed by atoms with Crippen LogP contribution in [0.1, 0.15) is 58.8 Å². The molecule has 0 radical (unpaired) electrons. The van der Waals surface area contributed by atoms with Crippen LogP contribution in [-0.4, -0.2) is 9.68 Å². The molecule has 1 unspecified atom stereocenters. The zero-order valence-corrected chi connectivity index (χ0v) is 10.2. The Morgan fingerprint density at radius 3 is 2.25 bits per heavy atom. The Kier molecular flexibility index (Phi) is 9.40. The molecular weight excluding hydrogens is 162 g/mol. The molecule has 1 atom stereocenters. The predicted octanol–water partition coefficient (Wildman–Crippen LogP) is 2.59. The quantitative estimate of drug-likeness (QED) is 0.459. The maximum atomic E-state index is 5.76. The van der Waals surface area contributed by atoms with Crippen LogP contribution in [0.3, 0.4) is 0 Å². The van der Waals surface area contributed by atoms with E-state index < -0.39 is 0 Å². The van der Waals surface area contributed by atoms with E-state index in [1.54, 1.807) is 0 Å². The smallest absolute Gasteiger partial charge is 0.0919 e. The first-order valence-corrected chi connectivity index (χ1v) is 7.18. The second-order valence-corrected chi connectivity index (χ2v) is 5.34. The molecular formula is C10H25NSi. The molecule has 0 aliphatic carbocycles. The molecule has 0 aromatic carbocycles. The van der Waals surface area contributed by atoms with Gasteiger partial charge in [-0.25, -0.2) is 0 Å². The maximum absolute atomic E-state index is 5.76. The SMILES string of the molecule is CCCCCCCC(CC)[SiH2]N. The van der Waals surface area contributed by atoms with Crippen molar-refractivity contribution in [1.29, 1.82) is 0 Å². The van der Waals surface area contributed by atoms with Crippen LogP contribution in [0, 0.1) is 0 Å². The van der Waals surface area contributed by atoms with E-state index in [9.17, 15) is 0 Å². The molecule has 2 N–H and O–H groups in total. The zero-order chi connectivity index (χ0) is 9.23. The predicted molar refractivity (Wildman–Crippen MR) is 60.1 cm³/mol. The van der Waals surface area contributed by atoms with E-state index in [0.29, 0.717) is 0 Å². The highest BCUT2D eigenvalue weighted by molar-refractivity contribution is 6.33. The lowest BCUT2D eigenvalue weighted by Crippen LogP contribution is -2.12. The fourth-order valence-electron chi connectivity index (χ4n) is 1.53. The molecule has 0 aromatic rings. The number of unbranched alkanes of at least 4 members (excludes halogenated alkanes) is 4. The summed E-state index contributed by atoms with van der Waals surface area (Å²) in [7, 11) is -0.212. The van der Waals surface area contributed by atoms with Gasteiger partial charge in [-0.05, 0) is 5.54 Å². The highest BCUT2D eigenvalue weighted by Crippen LogP contribution is 2.17. The lowest BCUT2D eigenvalue weighted by molar-refractivity contribution is 0.582. The molecule has 0 rings (SSSR count). The van der Waals surface area contributed by atoms with Gasteiger partial charge in [0.15, 0.2) is 0 Å². The Balaban J connectivity index is 3.06. The first kappa shape index (κ1) is 12.2. The Labute approximate surface area is 80.0 Å². The van der Waals surface area contributed by atoms with Crippen molar-refractivity contribution in [3.05, 3.63) is 0 Å². The Bertz CT molecular complexity index is 81.9. The highest BCUT2D eigenvalue weighted by Gasteiger charge is 2.02. The molecule has 0 bridgehead atoms. The van der Waals surface area contributed by atoms with E-state index in [0.717, 1.165) is 5.54 Å². The second kappa shape index (κ2) is 9.27. The minimum absolute atomic E-state index is 0.212. The molecule has 0 amide bonds. The normalized spacial score (nSPS) is 14.2. The first-order valence-electron chi connectivity index (χ1n) is 5.55. The summed E-state index contributed by atoms with van der Waals surface area (Å²) in [5.74, 6) is 0. The fraction of sp³-hybridized carbons (Fsp3) is 1.00. The molecule has 0 spiro atoms. The summed E-state index contributed by atoms with van der Waals surface area (Å²) in [4.78, 5) is 0. The van der Waals surface area contributed by atoms with Crippen molar-refractivity contribution >= 4 is 9.68 Å². The summed E-state index contributed by atoms with van der Waals surface area (Å²) in [6.45, 7) is 4.54. The topological polar surface area (TPSA) is 26.0 Å². The monoisotopic (exact) mass is 187 g/mol. The third-order valence-corrected chi connectivity index (χ3v) is 4.28. The molecule has 12 heavy (non-hydrogen) atoms. The summed E-state index contributed by atoms with van der Waals surface area (Å²) in [5.41, 5.74) is 0.923. The van der Waals surface area contributed by atoms with Gasteiger partial charge in [-0.2, -0.15) is 0 Å². The van der Waals surface area contributed by atoms with Crippen LogP contribution in [0.4, 0.5) is 0 Å². The number of hydrogen-bond donors (Lipinski definition) is 1. The Morgan fingerprint density at radius 2 is 1.75 bits per heavy atom. The third-order valence-electron chi connectivity index (χ3n) is 2.63. The molecule has 74 valence electrons. The lowest BCUT2D eigenvalue weighted by atomic mass is 10.1. The van der Waals surface area contributed by atoms with E-state index in [1.807, 2.05) is 0 Å². The summed E-state index contributed by atoms with van der Waals surface area (Å²) < 4.78 is 0. The number of nitrogens with two attached hydrogens (primary N) is 1. The van der Waals surface area contributed by atoms with Gasteiger partial charge in [-0.3, -0.25) is 0 Å². The minimum atomic E-state index is -0.212.